The van der Waals surface area contributed by atoms with E-state index < -0.39 is 12.0 Å². The van der Waals surface area contributed by atoms with Gasteiger partial charge in [-0.1, -0.05) is 54.6 Å². The number of rotatable bonds is 1. The number of Topliss-reactive ketones (excluding diaryl/α,β-unsaturated/α-hetero) is 4. The van der Waals surface area contributed by atoms with Crippen molar-refractivity contribution in [1.29, 1.82) is 0 Å². The van der Waals surface area contributed by atoms with Crippen molar-refractivity contribution in [2.45, 2.75) is 24.8 Å². The SMILES string of the molecule is Nc1ccc(C2C=CC(N)C3=C2C(=O)c2ccccc2C3=O)c2c1C(=O)C1=C(CC=CC1)C2=O. The number of benzene rings is 2. The summed E-state index contributed by atoms with van der Waals surface area (Å²) in [6.07, 6.45) is 7.94. The van der Waals surface area contributed by atoms with E-state index in [-0.39, 0.29) is 51.1 Å². The van der Waals surface area contributed by atoms with Gasteiger partial charge in [0.05, 0.1) is 11.6 Å². The minimum absolute atomic E-state index is 0.178. The van der Waals surface area contributed by atoms with Gasteiger partial charge in [-0.2, -0.15) is 0 Å². The predicted octanol–water partition coefficient (Wildman–Crippen LogP) is 3.65. The Labute approximate surface area is 195 Å². The van der Waals surface area contributed by atoms with E-state index in [0.717, 1.165) is 0 Å². The van der Waals surface area contributed by atoms with Gasteiger partial charge in [-0.3, -0.25) is 19.2 Å². The van der Waals surface area contributed by atoms with E-state index in [9.17, 15) is 19.2 Å². The Bertz CT molecular complexity index is 1500. The molecule has 166 valence electrons. The lowest BCUT2D eigenvalue weighted by Gasteiger charge is -2.33. The smallest absolute Gasteiger partial charge is 0.192 e. The molecule has 6 nitrogen and oxygen atoms in total. The highest BCUT2D eigenvalue weighted by Gasteiger charge is 2.42. The van der Waals surface area contributed by atoms with E-state index in [4.69, 9.17) is 11.5 Å². The molecule has 2 aromatic carbocycles. The molecule has 4 N–H and O–H groups in total. The fraction of sp³-hybridized carbons (Fsp3) is 0.143. The minimum atomic E-state index is -0.740. The number of carbonyl (C=O) groups excluding carboxylic acids is 4. The Balaban J connectivity index is 1.59. The van der Waals surface area contributed by atoms with Crippen molar-refractivity contribution in [3.05, 3.63) is 111 Å². The zero-order chi connectivity index (χ0) is 23.7. The van der Waals surface area contributed by atoms with Gasteiger partial charge in [0.2, 0.25) is 0 Å². The van der Waals surface area contributed by atoms with Gasteiger partial charge in [0, 0.05) is 50.6 Å². The number of nitrogen functional groups attached to an aromatic ring is 1. The summed E-state index contributed by atoms with van der Waals surface area (Å²) in [5.41, 5.74) is 15.6. The van der Waals surface area contributed by atoms with E-state index in [1.807, 2.05) is 12.2 Å². The molecule has 0 heterocycles. The van der Waals surface area contributed by atoms with Gasteiger partial charge in [-0.15, -0.1) is 0 Å². The maximum Gasteiger partial charge on any atom is 0.192 e. The average molecular weight is 448 g/mol. The monoisotopic (exact) mass is 448 g/mol. The Morgan fingerprint density at radius 1 is 0.676 bits per heavy atom. The summed E-state index contributed by atoms with van der Waals surface area (Å²) in [5, 5.41) is 0. The summed E-state index contributed by atoms with van der Waals surface area (Å²) in [4.78, 5) is 54.0. The largest absolute Gasteiger partial charge is 0.398 e. The Kier molecular flexibility index (Phi) is 4.31. The van der Waals surface area contributed by atoms with Crippen LogP contribution in [0.1, 0.15) is 65.8 Å². The maximum atomic E-state index is 13.7. The summed E-state index contributed by atoms with van der Waals surface area (Å²) < 4.78 is 0. The van der Waals surface area contributed by atoms with Crippen LogP contribution in [0.2, 0.25) is 0 Å². The first-order valence-electron chi connectivity index (χ1n) is 11.1. The zero-order valence-electron chi connectivity index (χ0n) is 18.1. The summed E-state index contributed by atoms with van der Waals surface area (Å²) >= 11 is 0. The highest BCUT2D eigenvalue weighted by molar-refractivity contribution is 6.31. The molecular weight excluding hydrogens is 428 g/mol. The van der Waals surface area contributed by atoms with Crippen molar-refractivity contribution in [2.24, 2.45) is 5.73 Å². The van der Waals surface area contributed by atoms with E-state index in [1.54, 1.807) is 48.6 Å². The van der Waals surface area contributed by atoms with Crippen LogP contribution in [-0.4, -0.2) is 29.2 Å². The third-order valence-electron chi connectivity index (χ3n) is 7.13. The van der Waals surface area contributed by atoms with Crippen molar-refractivity contribution in [1.82, 2.24) is 0 Å². The number of fused-ring (bicyclic) bond motifs is 2. The average Bonchev–Trinajstić information content (AvgIpc) is 2.86. The molecule has 2 aromatic rings. The third-order valence-corrected chi connectivity index (χ3v) is 7.13. The van der Waals surface area contributed by atoms with Gasteiger partial charge in [-0.25, -0.2) is 0 Å². The zero-order valence-corrected chi connectivity index (χ0v) is 18.1. The van der Waals surface area contributed by atoms with Gasteiger partial charge in [-0.05, 0) is 24.5 Å². The van der Waals surface area contributed by atoms with Crippen molar-refractivity contribution in [2.75, 3.05) is 5.73 Å². The number of ketones is 4. The molecule has 0 fully saturated rings. The van der Waals surface area contributed by atoms with Crippen LogP contribution in [0.5, 0.6) is 0 Å². The lowest BCUT2D eigenvalue weighted by atomic mass is 9.69. The molecule has 2 atom stereocenters. The molecule has 4 aliphatic rings. The van der Waals surface area contributed by atoms with E-state index >= 15 is 0 Å². The maximum absolute atomic E-state index is 13.7. The van der Waals surface area contributed by atoms with Crippen molar-refractivity contribution < 1.29 is 19.2 Å². The normalized spacial score (nSPS) is 23.1. The van der Waals surface area contributed by atoms with Crippen molar-refractivity contribution in [3.63, 3.8) is 0 Å². The number of anilines is 1. The number of hydrogen-bond acceptors (Lipinski definition) is 6. The molecule has 0 aromatic heterocycles. The van der Waals surface area contributed by atoms with Crippen LogP contribution in [0, 0.1) is 0 Å². The standard InChI is InChI=1S/C28H20N2O4/c29-19-11-9-13(21-23(19)27(33)17-7-3-1-5-15(17)25(21)31)14-10-12-20(30)24-22(14)26(32)16-6-2-4-8-18(16)28(24)34/h1-5,7,9-13,19H,6,8,29-30H2. The predicted molar refractivity (Wildman–Crippen MR) is 127 cm³/mol. The number of nitrogens with two attached hydrogens (primary N) is 2. The summed E-state index contributed by atoms with van der Waals surface area (Å²) in [5.74, 6) is -1.80. The Morgan fingerprint density at radius 2 is 1.26 bits per heavy atom. The Hall–Kier alpha value is -4.16. The van der Waals surface area contributed by atoms with Crippen LogP contribution in [0.3, 0.4) is 0 Å². The Morgan fingerprint density at radius 3 is 1.91 bits per heavy atom. The summed E-state index contributed by atoms with van der Waals surface area (Å²) in [7, 11) is 0. The number of hydrogen-bond donors (Lipinski definition) is 2. The van der Waals surface area contributed by atoms with E-state index in [0.29, 0.717) is 40.7 Å². The molecule has 0 saturated heterocycles. The van der Waals surface area contributed by atoms with Gasteiger partial charge >= 0.3 is 0 Å². The molecule has 0 saturated carbocycles. The van der Waals surface area contributed by atoms with E-state index in [2.05, 4.69) is 0 Å². The van der Waals surface area contributed by atoms with Crippen LogP contribution >= 0.6 is 0 Å². The van der Waals surface area contributed by atoms with Crippen molar-refractivity contribution in [3.8, 4) is 0 Å². The van der Waals surface area contributed by atoms with Gasteiger partial charge in [0.25, 0.3) is 0 Å². The van der Waals surface area contributed by atoms with Crippen LogP contribution in [0.25, 0.3) is 0 Å². The lowest BCUT2D eigenvalue weighted by molar-refractivity contribution is 0.0964. The molecule has 34 heavy (non-hydrogen) atoms. The summed E-state index contributed by atoms with van der Waals surface area (Å²) in [6.45, 7) is 0. The molecule has 0 aliphatic heterocycles. The highest BCUT2D eigenvalue weighted by Crippen LogP contribution is 2.45. The molecule has 4 aliphatic carbocycles. The molecule has 6 rings (SSSR count). The van der Waals surface area contributed by atoms with Crippen LogP contribution in [0.4, 0.5) is 5.69 Å². The van der Waals surface area contributed by atoms with Gasteiger partial charge in [0.1, 0.15) is 0 Å². The molecular formula is C28H20N2O4. The second-order valence-corrected chi connectivity index (χ2v) is 8.91. The second-order valence-electron chi connectivity index (χ2n) is 8.91. The third kappa shape index (κ3) is 2.60. The second kappa shape index (κ2) is 7.17. The van der Waals surface area contributed by atoms with Crippen LogP contribution < -0.4 is 11.5 Å². The fourth-order valence-corrected chi connectivity index (χ4v) is 5.53. The molecule has 0 amide bonds. The fourth-order valence-electron chi connectivity index (χ4n) is 5.53. The highest BCUT2D eigenvalue weighted by atomic mass is 16.1. The molecule has 6 heteroatoms. The first-order chi connectivity index (χ1) is 16.4. The topological polar surface area (TPSA) is 120 Å². The number of carbonyl (C=O) groups is 4. The van der Waals surface area contributed by atoms with Crippen molar-refractivity contribution >= 4 is 28.8 Å². The van der Waals surface area contributed by atoms with Crippen LogP contribution in [-0.2, 0) is 0 Å². The first kappa shape index (κ1) is 20.4. The summed E-state index contributed by atoms with van der Waals surface area (Å²) in [6, 6.07) is 9.20. The minimum Gasteiger partial charge on any atom is -0.398 e. The lowest BCUT2D eigenvalue weighted by Crippen LogP contribution is -2.37. The van der Waals surface area contributed by atoms with Crippen LogP contribution in [0.15, 0.2) is 83.0 Å². The first-order valence-corrected chi connectivity index (χ1v) is 11.1. The van der Waals surface area contributed by atoms with Gasteiger partial charge in [0.15, 0.2) is 23.1 Å². The number of allylic oxidation sites excluding steroid dienone is 6. The van der Waals surface area contributed by atoms with E-state index in [1.165, 1.54) is 0 Å². The molecule has 0 radical (unpaired) electrons. The quantitative estimate of drug-likeness (QED) is 0.508. The molecule has 0 spiro atoms. The molecule has 0 bridgehead atoms. The molecule has 2 unspecified atom stereocenters. The van der Waals surface area contributed by atoms with Gasteiger partial charge < -0.3 is 11.5 Å².